The molecular weight excluding hydrogens is 326 g/mol. The van der Waals surface area contributed by atoms with Gasteiger partial charge >= 0.3 is 0 Å². The smallest absolute Gasteiger partial charge is 0.254 e. The van der Waals surface area contributed by atoms with E-state index in [-0.39, 0.29) is 24.5 Å². The van der Waals surface area contributed by atoms with E-state index in [2.05, 4.69) is 10.4 Å². The molecule has 0 saturated heterocycles. The molecule has 1 aliphatic carbocycles. The highest BCUT2D eigenvalue weighted by Gasteiger charge is 2.27. The maximum atomic E-state index is 12.6. The van der Waals surface area contributed by atoms with Gasteiger partial charge in [-0.05, 0) is 38.0 Å². The molecule has 1 aromatic carbocycles. The third kappa shape index (κ3) is 3.47. The van der Waals surface area contributed by atoms with Gasteiger partial charge in [-0.3, -0.25) is 4.79 Å². The van der Waals surface area contributed by atoms with Crippen molar-refractivity contribution in [1.82, 2.24) is 15.1 Å². The second-order valence-corrected chi connectivity index (χ2v) is 6.78. The van der Waals surface area contributed by atoms with Crippen LogP contribution in [-0.2, 0) is 0 Å². The van der Waals surface area contributed by atoms with Gasteiger partial charge < -0.3 is 10.4 Å². The predicted octanol–water partition coefficient (Wildman–Crippen LogP) is 3.12. The SMILES string of the molecule is Cc1c(C(=O)NC2CCCCC2CO)cnn1-c1cccc(Cl)c1. The lowest BCUT2D eigenvalue weighted by atomic mass is 9.85. The Balaban J connectivity index is 1.79. The maximum absolute atomic E-state index is 12.6. The zero-order valence-corrected chi connectivity index (χ0v) is 14.5. The first-order valence-electron chi connectivity index (χ1n) is 8.32. The summed E-state index contributed by atoms with van der Waals surface area (Å²) in [6.45, 7) is 1.99. The second-order valence-electron chi connectivity index (χ2n) is 6.34. The van der Waals surface area contributed by atoms with Crippen LogP contribution in [0.2, 0.25) is 5.02 Å². The minimum absolute atomic E-state index is 0.0326. The number of hydrogen-bond donors (Lipinski definition) is 2. The fourth-order valence-electron chi connectivity index (χ4n) is 3.36. The van der Waals surface area contributed by atoms with E-state index in [9.17, 15) is 9.90 Å². The minimum atomic E-state index is -0.133. The third-order valence-corrected chi connectivity index (χ3v) is 5.00. The van der Waals surface area contributed by atoms with E-state index in [1.807, 2.05) is 25.1 Å². The zero-order chi connectivity index (χ0) is 17.1. The Kier molecular flexibility index (Phi) is 5.21. The van der Waals surface area contributed by atoms with Gasteiger partial charge in [0, 0.05) is 23.6 Å². The van der Waals surface area contributed by atoms with Gasteiger partial charge in [-0.25, -0.2) is 4.68 Å². The van der Waals surface area contributed by atoms with E-state index >= 15 is 0 Å². The number of nitrogens with zero attached hydrogens (tertiary/aromatic N) is 2. The van der Waals surface area contributed by atoms with Crippen LogP contribution in [0.1, 0.15) is 41.7 Å². The van der Waals surface area contributed by atoms with Gasteiger partial charge in [0.25, 0.3) is 5.91 Å². The van der Waals surface area contributed by atoms with Crippen molar-refractivity contribution in [2.45, 2.75) is 38.6 Å². The lowest BCUT2D eigenvalue weighted by molar-refractivity contribution is 0.0872. The van der Waals surface area contributed by atoms with Crippen molar-refractivity contribution in [2.75, 3.05) is 6.61 Å². The molecule has 2 N–H and O–H groups in total. The van der Waals surface area contributed by atoms with Crippen LogP contribution in [0.4, 0.5) is 0 Å². The van der Waals surface area contributed by atoms with Crippen molar-refractivity contribution in [3.05, 3.63) is 46.7 Å². The summed E-state index contributed by atoms with van der Waals surface area (Å²) in [5.74, 6) is 0.0112. The number of benzene rings is 1. The van der Waals surface area contributed by atoms with Crippen LogP contribution >= 0.6 is 11.6 Å². The lowest BCUT2D eigenvalue weighted by Crippen LogP contribution is -2.43. The van der Waals surface area contributed by atoms with Crippen LogP contribution < -0.4 is 5.32 Å². The van der Waals surface area contributed by atoms with Gasteiger partial charge in [0.2, 0.25) is 0 Å². The van der Waals surface area contributed by atoms with Gasteiger partial charge in [-0.15, -0.1) is 0 Å². The first kappa shape index (κ1) is 17.0. The topological polar surface area (TPSA) is 67.2 Å². The molecule has 5 nitrogen and oxygen atoms in total. The molecule has 1 aromatic heterocycles. The number of aliphatic hydroxyl groups is 1. The highest BCUT2D eigenvalue weighted by Crippen LogP contribution is 2.25. The summed E-state index contributed by atoms with van der Waals surface area (Å²) in [4.78, 5) is 12.6. The van der Waals surface area contributed by atoms with Crippen LogP contribution in [0.3, 0.4) is 0 Å². The summed E-state index contributed by atoms with van der Waals surface area (Å²) in [5, 5.41) is 17.5. The number of hydrogen-bond acceptors (Lipinski definition) is 3. The molecule has 128 valence electrons. The van der Waals surface area contributed by atoms with Gasteiger partial charge in [0.1, 0.15) is 0 Å². The first-order chi connectivity index (χ1) is 11.6. The van der Waals surface area contributed by atoms with Crippen LogP contribution in [0.5, 0.6) is 0 Å². The highest BCUT2D eigenvalue weighted by molar-refractivity contribution is 6.30. The molecule has 2 atom stereocenters. The average molecular weight is 348 g/mol. The Morgan fingerprint density at radius 3 is 2.96 bits per heavy atom. The van der Waals surface area contributed by atoms with Gasteiger partial charge in [0.15, 0.2) is 0 Å². The molecule has 1 saturated carbocycles. The molecule has 0 aliphatic heterocycles. The molecule has 0 spiro atoms. The second kappa shape index (κ2) is 7.36. The molecule has 0 bridgehead atoms. The lowest BCUT2D eigenvalue weighted by Gasteiger charge is -2.30. The molecular formula is C18H22ClN3O2. The van der Waals surface area contributed by atoms with Gasteiger partial charge in [-0.2, -0.15) is 5.10 Å². The summed E-state index contributed by atoms with van der Waals surface area (Å²) in [6, 6.07) is 7.40. The molecule has 1 aliphatic rings. The summed E-state index contributed by atoms with van der Waals surface area (Å²) < 4.78 is 1.71. The number of nitrogens with one attached hydrogen (secondary N) is 1. The fourth-order valence-corrected chi connectivity index (χ4v) is 3.55. The van der Waals surface area contributed by atoms with Gasteiger partial charge in [-0.1, -0.05) is 30.5 Å². The standard InChI is InChI=1S/C18H22ClN3O2/c1-12-16(10-20-22(12)15-7-4-6-14(19)9-15)18(24)21-17-8-3-2-5-13(17)11-23/h4,6-7,9-10,13,17,23H,2-3,5,8,11H2,1H3,(H,21,24). The van der Waals surface area contributed by atoms with Crippen molar-refractivity contribution in [3.63, 3.8) is 0 Å². The highest BCUT2D eigenvalue weighted by atomic mass is 35.5. The Morgan fingerprint density at radius 1 is 1.42 bits per heavy atom. The van der Waals surface area contributed by atoms with Crippen LogP contribution in [0.15, 0.2) is 30.5 Å². The normalized spacial score (nSPS) is 20.8. The predicted molar refractivity (Wildman–Crippen MR) is 93.6 cm³/mol. The van der Waals surface area contributed by atoms with Crippen molar-refractivity contribution in [3.8, 4) is 5.69 Å². The molecule has 1 amide bonds. The molecule has 3 rings (SSSR count). The molecule has 6 heteroatoms. The molecule has 24 heavy (non-hydrogen) atoms. The van der Waals surface area contributed by atoms with E-state index in [4.69, 9.17) is 11.6 Å². The Labute approximate surface area is 146 Å². The zero-order valence-electron chi connectivity index (χ0n) is 13.7. The number of aliphatic hydroxyl groups excluding tert-OH is 1. The third-order valence-electron chi connectivity index (χ3n) is 4.77. The largest absolute Gasteiger partial charge is 0.396 e. The Hall–Kier alpha value is -1.85. The molecule has 2 unspecified atom stereocenters. The summed E-state index contributed by atoms with van der Waals surface area (Å²) in [7, 11) is 0. The van der Waals surface area contributed by atoms with Crippen LogP contribution in [0.25, 0.3) is 5.69 Å². The summed E-state index contributed by atoms with van der Waals surface area (Å²) in [6.07, 6.45) is 5.66. The molecule has 1 heterocycles. The van der Waals surface area contributed by atoms with Crippen molar-refractivity contribution in [1.29, 1.82) is 0 Å². The molecule has 2 aromatic rings. The number of amides is 1. The Morgan fingerprint density at radius 2 is 2.21 bits per heavy atom. The Bertz CT molecular complexity index is 729. The van der Waals surface area contributed by atoms with Crippen LogP contribution in [0, 0.1) is 12.8 Å². The summed E-state index contributed by atoms with van der Waals surface area (Å²) >= 11 is 6.03. The maximum Gasteiger partial charge on any atom is 0.254 e. The number of carbonyl (C=O) groups excluding carboxylic acids is 1. The monoisotopic (exact) mass is 347 g/mol. The van der Waals surface area contributed by atoms with E-state index in [1.54, 1.807) is 16.9 Å². The van der Waals surface area contributed by atoms with E-state index in [0.29, 0.717) is 10.6 Å². The van der Waals surface area contributed by atoms with E-state index < -0.39 is 0 Å². The van der Waals surface area contributed by atoms with E-state index in [1.165, 1.54) is 0 Å². The minimum Gasteiger partial charge on any atom is -0.396 e. The number of aromatic nitrogens is 2. The van der Waals surface area contributed by atoms with Crippen molar-refractivity contribution in [2.24, 2.45) is 5.92 Å². The first-order valence-corrected chi connectivity index (χ1v) is 8.70. The fraction of sp³-hybridized carbons (Fsp3) is 0.444. The number of rotatable bonds is 4. The number of halogens is 1. The van der Waals surface area contributed by atoms with Crippen molar-refractivity contribution < 1.29 is 9.90 Å². The molecule has 0 radical (unpaired) electrons. The van der Waals surface area contributed by atoms with Crippen molar-refractivity contribution >= 4 is 17.5 Å². The summed E-state index contributed by atoms with van der Waals surface area (Å²) in [5.41, 5.74) is 2.15. The molecule has 1 fully saturated rings. The number of carbonyl (C=O) groups is 1. The average Bonchev–Trinajstić information content (AvgIpc) is 2.97. The quantitative estimate of drug-likeness (QED) is 0.893. The van der Waals surface area contributed by atoms with Crippen LogP contribution in [-0.4, -0.2) is 33.4 Å². The van der Waals surface area contributed by atoms with E-state index in [0.717, 1.165) is 37.1 Å². The van der Waals surface area contributed by atoms with Gasteiger partial charge in [0.05, 0.1) is 23.1 Å².